The molecule has 3 aromatic carbocycles. The number of carboxylic acid groups (broad SMARTS) is 1. The van der Waals surface area contributed by atoms with Gasteiger partial charge in [0.2, 0.25) is 0 Å². The van der Waals surface area contributed by atoms with Crippen molar-refractivity contribution in [2.45, 2.75) is 36.7 Å². The van der Waals surface area contributed by atoms with Crippen LogP contribution in [-0.4, -0.2) is 29.1 Å². The van der Waals surface area contributed by atoms with E-state index in [1.165, 1.54) is 29.2 Å². The number of halogens is 3. The quantitative estimate of drug-likeness (QED) is 0.417. The largest absolute Gasteiger partial charge is 0.573 e. The Hall–Kier alpha value is -3.66. The number of fused-ring (bicyclic) bond motifs is 2. The first-order valence-electron chi connectivity index (χ1n) is 11.1. The lowest BCUT2D eigenvalue weighted by Gasteiger charge is -2.17. The van der Waals surface area contributed by atoms with Gasteiger partial charge in [0.15, 0.2) is 0 Å². The van der Waals surface area contributed by atoms with E-state index in [0.29, 0.717) is 17.0 Å². The van der Waals surface area contributed by atoms with E-state index >= 15 is 0 Å². The zero-order valence-corrected chi connectivity index (χ0v) is 19.6. The molecule has 5 rings (SSSR count). The summed E-state index contributed by atoms with van der Waals surface area (Å²) in [7, 11) is 0. The van der Waals surface area contributed by atoms with Crippen LogP contribution in [0, 0.1) is 0 Å². The highest BCUT2D eigenvalue weighted by molar-refractivity contribution is 7.99. The summed E-state index contributed by atoms with van der Waals surface area (Å²) in [4.78, 5) is 26.6. The van der Waals surface area contributed by atoms with Gasteiger partial charge >= 0.3 is 12.3 Å². The van der Waals surface area contributed by atoms with Crippen LogP contribution in [0.5, 0.6) is 11.5 Å². The Morgan fingerprint density at radius 2 is 1.83 bits per heavy atom. The second-order valence-electron chi connectivity index (χ2n) is 8.47. The third-order valence-electron chi connectivity index (χ3n) is 6.13. The Morgan fingerprint density at radius 1 is 1.08 bits per heavy atom. The molecule has 3 aromatic rings. The molecule has 0 fully saturated rings. The fourth-order valence-electron chi connectivity index (χ4n) is 4.46. The molecule has 1 amide bonds. The molecule has 0 saturated heterocycles. The van der Waals surface area contributed by atoms with Crippen molar-refractivity contribution in [3.8, 4) is 11.5 Å². The average molecular weight is 516 g/mol. The number of hydrogen-bond acceptors (Lipinski definition) is 5. The minimum atomic E-state index is -4.78. The van der Waals surface area contributed by atoms with Crippen molar-refractivity contribution >= 4 is 29.3 Å². The van der Waals surface area contributed by atoms with Crippen LogP contribution in [0.2, 0.25) is 0 Å². The number of hydrogen-bond donors (Lipinski definition) is 1. The van der Waals surface area contributed by atoms with Gasteiger partial charge in [0.25, 0.3) is 5.91 Å². The Morgan fingerprint density at radius 3 is 2.56 bits per heavy atom. The number of rotatable bonds is 7. The van der Waals surface area contributed by atoms with Crippen molar-refractivity contribution in [2.75, 3.05) is 10.7 Å². The molecule has 1 unspecified atom stereocenters. The number of aliphatic carboxylic acids is 1. The van der Waals surface area contributed by atoms with Crippen molar-refractivity contribution in [1.29, 1.82) is 0 Å². The molecule has 0 saturated carbocycles. The minimum absolute atomic E-state index is 0.0139. The topological polar surface area (TPSA) is 76.1 Å². The molecule has 0 aliphatic carbocycles. The number of carboxylic acids is 1. The van der Waals surface area contributed by atoms with Crippen molar-refractivity contribution < 1.29 is 37.3 Å². The number of carbonyl (C=O) groups excluding carboxylic acids is 1. The highest BCUT2D eigenvalue weighted by Gasteiger charge is 2.33. The lowest BCUT2D eigenvalue weighted by molar-refractivity contribution is -0.274. The van der Waals surface area contributed by atoms with Gasteiger partial charge < -0.3 is 19.5 Å². The number of nitrogens with zero attached hydrogens (tertiary/aromatic N) is 1. The van der Waals surface area contributed by atoms with Crippen LogP contribution >= 0.6 is 11.8 Å². The molecule has 2 aliphatic heterocycles. The summed E-state index contributed by atoms with van der Waals surface area (Å²) in [5.74, 6) is -0.0587. The van der Waals surface area contributed by atoms with Crippen LogP contribution in [-0.2, 0) is 17.9 Å². The fraction of sp³-hybridized carbons (Fsp3) is 0.231. The molecule has 2 aliphatic rings. The third-order valence-corrected chi connectivity index (χ3v) is 7.36. The maximum Gasteiger partial charge on any atom is 0.573 e. The average Bonchev–Trinajstić information content (AvgIpc) is 3.38. The third kappa shape index (κ3) is 4.99. The second-order valence-corrected chi connectivity index (χ2v) is 9.53. The van der Waals surface area contributed by atoms with Crippen LogP contribution < -0.4 is 14.4 Å². The second kappa shape index (κ2) is 9.42. The van der Waals surface area contributed by atoms with Crippen LogP contribution in [0.25, 0.3) is 0 Å². The summed E-state index contributed by atoms with van der Waals surface area (Å²) in [6, 6.07) is 16.2. The number of amides is 1. The van der Waals surface area contributed by atoms with E-state index in [1.54, 1.807) is 23.9 Å². The predicted molar refractivity (Wildman–Crippen MR) is 127 cm³/mol. The molecular weight excluding hydrogens is 495 g/mol. The lowest BCUT2D eigenvalue weighted by Crippen LogP contribution is -2.23. The van der Waals surface area contributed by atoms with E-state index in [0.717, 1.165) is 27.3 Å². The smallest absolute Gasteiger partial charge is 0.489 e. The monoisotopic (exact) mass is 515 g/mol. The molecule has 186 valence electrons. The summed E-state index contributed by atoms with van der Waals surface area (Å²) in [6.45, 7) is 0.495. The fourth-order valence-corrected chi connectivity index (χ4v) is 5.74. The van der Waals surface area contributed by atoms with Gasteiger partial charge in [-0.2, -0.15) is 0 Å². The van der Waals surface area contributed by atoms with E-state index in [1.807, 2.05) is 24.3 Å². The van der Waals surface area contributed by atoms with Gasteiger partial charge in [-0.15, -0.1) is 24.9 Å². The molecule has 0 spiro atoms. The van der Waals surface area contributed by atoms with Gasteiger partial charge in [-0.25, -0.2) is 0 Å². The zero-order chi connectivity index (χ0) is 25.4. The van der Waals surface area contributed by atoms with Gasteiger partial charge in [0.1, 0.15) is 18.1 Å². The van der Waals surface area contributed by atoms with Crippen molar-refractivity contribution in [1.82, 2.24) is 0 Å². The zero-order valence-electron chi connectivity index (χ0n) is 18.7. The Labute approximate surface area is 208 Å². The molecule has 36 heavy (non-hydrogen) atoms. The highest BCUT2D eigenvalue weighted by Crippen LogP contribution is 2.43. The summed E-state index contributed by atoms with van der Waals surface area (Å²) in [6.07, 6.45) is -4.69. The molecule has 0 bridgehead atoms. The van der Waals surface area contributed by atoms with Crippen molar-refractivity contribution in [3.63, 3.8) is 0 Å². The number of anilines is 1. The number of alkyl halides is 3. The highest BCUT2D eigenvalue weighted by atomic mass is 32.2. The van der Waals surface area contributed by atoms with Crippen molar-refractivity contribution in [3.05, 3.63) is 82.9 Å². The van der Waals surface area contributed by atoms with E-state index in [4.69, 9.17) is 9.84 Å². The van der Waals surface area contributed by atoms with Crippen LogP contribution in [0.3, 0.4) is 0 Å². The number of ether oxygens (including phenoxy) is 2. The number of benzene rings is 3. The first-order valence-corrected chi connectivity index (χ1v) is 12.1. The van der Waals surface area contributed by atoms with Gasteiger partial charge in [-0.1, -0.05) is 18.2 Å². The maximum atomic E-state index is 13.0. The SMILES string of the molecule is O=C(O)CC1CSc2cc(OCc3cccc4c3CN(c3ccc(OC(F)(F)F)cc3)C4=O)ccc21. The Kier molecular flexibility index (Phi) is 6.29. The maximum absolute atomic E-state index is 13.0. The van der Waals surface area contributed by atoms with Gasteiger partial charge in [0, 0.05) is 27.8 Å². The van der Waals surface area contributed by atoms with Crippen molar-refractivity contribution in [2.24, 2.45) is 0 Å². The molecule has 0 aromatic heterocycles. The summed E-state index contributed by atoms with van der Waals surface area (Å²) < 4.78 is 47.2. The standard InChI is InChI=1S/C26H20F3NO5S/c27-26(28,29)35-18-6-4-17(5-7-18)30-12-22-15(2-1-3-21(22)25(30)33)13-34-19-8-9-20-16(10-24(31)32)14-36-23(20)11-19/h1-9,11,16H,10,12-14H2,(H,31,32). The summed E-state index contributed by atoms with van der Waals surface area (Å²) >= 11 is 1.61. The van der Waals surface area contributed by atoms with Gasteiger partial charge in [0.05, 0.1) is 13.0 Å². The normalized spacial score (nSPS) is 16.6. The molecule has 2 heterocycles. The molecule has 10 heteroatoms. The molecule has 1 atom stereocenters. The van der Waals surface area contributed by atoms with E-state index < -0.39 is 12.3 Å². The van der Waals surface area contributed by atoms with E-state index in [9.17, 15) is 22.8 Å². The van der Waals surface area contributed by atoms with Gasteiger partial charge in [-0.3, -0.25) is 9.59 Å². The van der Waals surface area contributed by atoms with Crippen LogP contribution in [0.4, 0.5) is 18.9 Å². The lowest BCUT2D eigenvalue weighted by atomic mass is 9.98. The molecule has 0 radical (unpaired) electrons. The van der Waals surface area contributed by atoms with E-state index in [-0.39, 0.29) is 37.1 Å². The van der Waals surface area contributed by atoms with Crippen LogP contribution in [0.15, 0.2) is 65.6 Å². The summed E-state index contributed by atoms with van der Waals surface area (Å²) in [5.41, 5.74) is 3.63. The number of carbonyl (C=O) groups is 2. The molecular formula is C26H20F3NO5S. The van der Waals surface area contributed by atoms with Gasteiger partial charge in [-0.05, 0) is 59.2 Å². The van der Waals surface area contributed by atoms with Crippen LogP contribution in [0.1, 0.15) is 39.4 Å². The first kappa shape index (κ1) is 24.1. The number of thioether (sulfide) groups is 1. The summed E-state index contributed by atoms with van der Waals surface area (Å²) in [5, 5.41) is 9.10. The Bertz CT molecular complexity index is 1330. The minimum Gasteiger partial charge on any atom is -0.489 e. The predicted octanol–water partition coefficient (Wildman–Crippen LogP) is 5.99. The van der Waals surface area contributed by atoms with E-state index in [2.05, 4.69) is 4.74 Å². The molecule has 6 nitrogen and oxygen atoms in total. The molecule has 1 N–H and O–H groups in total. The first-order chi connectivity index (χ1) is 17.2. The Balaban J connectivity index is 1.29.